The monoisotopic (exact) mass is 796 g/mol. The highest BCUT2D eigenvalue weighted by Crippen LogP contribution is 2.39. The zero-order valence-electron chi connectivity index (χ0n) is 32.2. The Balaban J connectivity index is 1.78. The van der Waals surface area contributed by atoms with Crippen molar-refractivity contribution < 1.29 is 33.6 Å². The average molecular weight is 797 g/mol. The molecule has 0 unspecified atom stereocenters. The van der Waals surface area contributed by atoms with Gasteiger partial charge in [-0.25, -0.2) is 4.79 Å². The molecule has 2 aromatic heterocycles. The van der Waals surface area contributed by atoms with Crippen LogP contribution in [0, 0.1) is 56.7 Å². The molecule has 58 heavy (non-hydrogen) atoms. The molecule has 4 aromatic rings. The molecule has 0 aliphatic rings. The van der Waals surface area contributed by atoms with Gasteiger partial charge in [0.05, 0.1) is 24.1 Å². The number of nitro groups is 2. The smallest absolute Gasteiger partial charge is 0.481 e. The maximum Gasteiger partial charge on any atom is 0.519 e. The SMILES string of the molecule is CCCCn1c(OC)c(/N=N/c2cc([N+](=O)[O-])ccc2OC(=O)Oc2ccc([N+](=O)[O-])cc2/N=N/c2c(C)c(C#N)c(=O)n(CCCC)c2OC)c(C)c(C#N)c1=O. The van der Waals surface area contributed by atoms with E-state index in [0.717, 1.165) is 36.4 Å². The van der Waals surface area contributed by atoms with E-state index in [-0.39, 0.29) is 81.4 Å². The van der Waals surface area contributed by atoms with E-state index in [1.54, 1.807) is 0 Å². The Morgan fingerprint density at radius 1 is 0.707 bits per heavy atom. The number of hydrogen-bond donors (Lipinski definition) is 0. The minimum absolute atomic E-state index is 0.0257. The number of azo groups is 2. The zero-order chi connectivity index (χ0) is 42.7. The molecule has 0 saturated carbocycles. The number of pyridine rings is 2. The van der Waals surface area contributed by atoms with Crippen LogP contribution in [-0.4, -0.2) is 39.4 Å². The second-order valence-electron chi connectivity index (χ2n) is 12.2. The van der Waals surface area contributed by atoms with E-state index >= 15 is 0 Å². The Labute approximate surface area is 329 Å². The van der Waals surface area contributed by atoms with E-state index < -0.39 is 38.5 Å². The maximum absolute atomic E-state index is 13.3. The highest BCUT2D eigenvalue weighted by atomic mass is 16.7. The molecule has 300 valence electrons. The van der Waals surface area contributed by atoms with Gasteiger partial charge in [-0.3, -0.25) is 39.0 Å². The highest BCUT2D eigenvalue weighted by molar-refractivity contribution is 5.73. The Kier molecular flexibility index (Phi) is 14.2. The Morgan fingerprint density at radius 3 is 1.40 bits per heavy atom. The number of aromatic nitrogens is 2. The van der Waals surface area contributed by atoms with Crippen molar-refractivity contribution in [2.24, 2.45) is 20.5 Å². The first-order chi connectivity index (χ1) is 27.8. The lowest BCUT2D eigenvalue weighted by Crippen LogP contribution is -2.25. The molecule has 21 nitrogen and oxygen atoms in total. The summed E-state index contributed by atoms with van der Waals surface area (Å²) < 4.78 is 24.2. The molecule has 0 saturated heterocycles. The molecule has 2 aromatic carbocycles. The van der Waals surface area contributed by atoms with Crippen molar-refractivity contribution in [1.29, 1.82) is 10.5 Å². The number of methoxy groups -OCH3 is 2. The molecular weight excluding hydrogens is 760 g/mol. The van der Waals surface area contributed by atoms with Crippen molar-refractivity contribution in [3.63, 3.8) is 0 Å². The van der Waals surface area contributed by atoms with E-state index in [0.29, 0.717) is 25.7 Å². The lowest BCUT2D eigenvalue weighted by Gasteiger charge is -2.16. The lowest BCUT2D eigenvalue weighted by atomic mass is 10.1. The Morgan fingerprint density at radius 2 is 1.09 bits per heavy atom. The summed E-state index contributed by atoms with van der Waals surface area (Å²) in [6.07, 6.45) is 1.10. The van der Waals surface area contributed by atoms with Gasteiger partial charge in [-0.1, -0.05) is 26.7 Å². The first kappa shape index (κ1) is 42.9. The minimum atomic E-state index is -1.45. The number of nitro benzene ring substituents is 2. The van der Waals surface area contributed by atoms with Crippen molar-refractivity contribution in [2.75, 3.05) is 14.2 Å². The molecule has 4 rings (SSSR count). The third-order valence-corrected chi connectivity index (χ3v) is 8.56. The predicted molar refractivity (Wildman–Crippen MR) is 204 cm³/mol. The molecule has 0 spiro atoms. The van der Waals surface area contributed by atoms with Crippen LogP contribution in [0.2, 0.25) is 0 Å². The highest BCUT2D eigenvalue weighted by Gasteiger charge is 2.24. The molecule has 0 atom stereocenters. The van der Waals surface area contributed by atoms with Gasteiger partial charge < -0.3 is 18.9 Å². The third-order valence-electron chi connectivity index (χ3n) is 8.56. The number of nitrogens with zero attached hydrogens (tertiary/aromatic N) is 10. The molecule has 0 radical (unpaired) electrons. The first-order valence-corrected chi connectivity index (χ1v) is 17.5. The van der Waals surface area contributed by atoms with Crippen molar-refractivity contribution in [3.8, 4) is 35.4 Å². The van der Waals surface area contributed by atoms with Crippen LogP contribution in [0.1, 0.15) is 61.8 Å². The van der Waals surface area contributed by atoms with Crippen LogP contribution in [-0.2, 0) is 13.1 Å². The molecule has 0 bridgehead atoms. The number of carbonyl (C=O) groups excluding carboxylic acids is 1. The van der Waals surface area contributed by atoms with Crippen LogP contribution >= 0.6 is 0 Å². The summed E-state index contributed by atoms with van der Waals surface area (Å²) >= 11 is 0. The van der Waals surface area contributed by atoms with Crippen LogP contribution in [0.15, 0.2) is 66.4 Å². The Bertz CT molecular complexity index is 2370. The van der Waals surface area contributed by atoms with Gasteiger partial charge in [0, 0.05) is 48.5 Å². The molecule has 0 aliphatic carbocycles. The summed E-state index contributed by atoms with van der Waals surface area (Å²) in [5, 5.41) is 59.3. The number of ether oxygens (including phenoxy) is 4. The van der Waals surface area contributed by atoms with Crippen molar-refractivity contribution in [1.82, 2.24) is 9.13 Å². The van der Waals surface area contributed by atoms with Gasteiger partial charge in [0.25, 0.3) is 22.5 Å². The molecular formula is C37H36N10O11. The first-order valence-electron chi connectivity index (χ1n) is 17.5. The maximum atomic E-state index is 13.3. The van der Waals surface area contributed by atoms with Gasteiger partial charge >= 0.3 is 6.16 Å². The fraction of sp³-hybridized carbons (Fsp3) is 0.324. The van der Waals surface area contributed by atoms with Crippen molar-refractivity contribution >= 4 is 40.3 Å². The summed E-state index contributed by atoms with van der Waals surface area (Å²) in [5.74, 6) is -0.830. The minimum Gasteiger partial charge on any atom is -0.481 e. The van der Waals surface area contributed by atoms with E-state index in [2.05, 4.69) is 20.5 Å². The normalized spacial score (nSPS) is 11.0. The summed E-state index contributed by atoms with van der Waals surface area (Å²) in [4.78, 5) is 61.3. The van der Waals surface area contributed by atoms with Crippen LogP contribution in [0.25, 0.3) is 0 Å². The van der Waals surface area contributed by atoms with Crippen LogP contribution in [0.4, 0.5) is 38.9 Å². The lowest BCUT2D eigenvalue weighted by molar-refractivity contribution is -0.385. The number of unbranched alkanes of at least 4 members (excludes halogenated alkanes) is 2. The summed E-state index contributed by atoms with van der Waals surface area (Å²) in [7, 11) is 2.58. The quantitative estimate of drug-likeness (QED) is 0.0340. The number of carbonyl (C=O) groups is 1. The second kappa shape index (κ2) is 19.2. The Hall–Kier alpha value is -7.81. The molecule has 2 heterocycles. The van der Waals surface area contributed by atoms with Crippen molar-refractivity contribution in [2.45, 2.75) is 66.5 Å². The van der Waals surface area contributed by atoms with Gasteiger partial charge in [-0.2, -0.15) is 10.5 Å². The molecule has 0 amide bonds. The van der Waals surface area contributed by atoms with E-state index in [9.17, 15) is 45.1 Å². The number of benzene rings is 2. The number of hydrogen-bond acceptors (Lipinski definition) is 17. The molecule has 0 fully saturated rings. The van der Waals surface area contributed by atoms with Gasteiger partial charge in [0.1, 0.15) is 34.6 Å². The molecule has 21 heteroatoms. The van der Waals surface area contributed by atoms with Gasteiger partial charge in [-0.15, -0.1) is 20.5 Å². The summed E-state index contributed by atoms with van der Waals surface area (Å²) in [5.41, 5.74) is -3.13. The van der Waals surface area contributed by atoms with Crippen LogP contribution < -0.4 is 30.1 Å². The van der Waals surface area contributed by atoms with E-state index in [1.165, 1.54) is 37.2 Å². The standard InChI is InChI=1S/C37H36N10O11/c1-7-9-15-44-33(48)25(19-38)21(3)31(35(44)55-5)42-40-27-17-23(46(51)52)11-13-29(27)57-37(50)58-30-14-12-24(47(53)54)18-28(30)41-43-32-22(4)26(20-39)34(49)45(16-10-8-2)36(32)56-6/h11-14,17-18H,7-10,15-16H2,1-6H3/b42-40+,43-41+. The van der Waals surface area contributed by atoms with Gasteiger partial charge in [-0.05, 0) is 38.8 Å². The van der Waals surface area contributed by atoms with Gasteiger partial charge in [0.2, 0.25) is 11.8 Å². The number of rotatable bonds is 16. The number of nitriles is 2. The average Bonchev–Trinajstić information content (AvgIpc) is 3.20. The molecule has 0 N–H and O–H groups in total. The largest absolute Gasteiger partial charge is 0.519 e. The van der Waals surface area contributed by atoms with Crippen LogP contribution in [0.3, 0.4) is 0 Å². The summed E-state index contributed by atoms with van der Waals surface area (Å²) in [6, 6.07) is 9.75. The number of non-ortho nitro benzene ring substituents is 2. The molecule has 0 aliphatic heterocycles. The van der Waals surface area contributed by atoms with E-state index in [1.807, 2.05) is 26.0 Å². The van der Waals surface area contributed by atoms with Gasteiger partial charge in [0.15, 0.2) is 22.9 Å². The summed E-state index contributed by atoms with van der Waals surface area (Å²) in [6.45, 7) is 7.09. The van der Waals surface area contributed by atoms with Crippen LogP contribution in [0.5, 0.6) is 23.3 Å². The van der Waals surface area contributed by atoms with E-state index in [4.69, 9.17) is 18.9 Å². The third kappa shape index (κ3) is 9.17. The topological polar surface area (TPSA) is 281 Å². The zero-order valence-corrected chi connectivity index (χ0v) is 32.2. The fourth-order valence-electron chi connectivity index (χ4n) is 5.52. The fourth-order valence-corrected chi connectivity index (χ4v) is 5.52. The second-order valence-corrected chi connectivity index (χ2v) is 12.2. The van der Waals surface area contributed by atoms with Crippen molar-refractivity contribution in [3.05, 3.63) is 99.6 Å². The predicted octanol–water partition coefficient (Wildman–Crippen LogP) is 8.21.